The lowest BCUT2D eigenvalue weighted by molar-refractivity contribution is -0.114. The third-order valence-electron chi connectivity index (χ3n) is 4.02. The average molecular weight is 473 g/mol. The Morgan fingerprint density at radius 3 is 2.37 bits per heavy atom. The van der Waals surface area contributed by atoms with Gasteiger partial charge in [0.05, 0.1) is 34.2 Å². The summed E-state index contributed by atoms with van der Waals surface area (Å²) >= 11 is 12.1. The number of ether oxygens (including phenoxy) is 1. The average Bonchev–Trinajstić information content (AvgIpc) is 2.68. The second kappa shape index (κ2) is 10.7. The van der Waals surface area contributed by atoms with Crippen LogP contribution in [0.15, 0.2) is 42.5 Å². The van der Waals surface area contributed by atoms with Gasteiger partial charge in [0, 0.05) is 5.69 Å². The summed E-state index contributed by atoms with van der Waals surface area (Å²) in [5.41, 5.74) is 0.857. The number of nitrogens with zero attached hydrogens (tertiary/aromatic N) is 1. The molecule has 7 nitrogen and oxygen atoms in total. The van der Waals surface area contributed by atoms with Gasteiger partial charge in [-0.2, -0.15) is 0 Å². The van der Waals surface area contributed by atoms with Gasteiger partial charge >= 0.3 is 5.97 Å². The lowest BCUT2D eigenvalue weighted by atomic mass is 10.2. The van der Waals surface area contributed by atoms with Crippen LogP contribution in [0.25, 0.3) is 0 Å². The lowest BCUT2D eigenvalue weighted by Gasteiger charge is -2.23. The van der Waals surface area contributed by atoms with E-state index < -0.39 is 28.4 Å². The lowest BCUT2D eigenvalue weighted by Crippen LogP contribution is -2.37. The van der Waals surface area contributed by atoms with E-state index >= 15 is 0 Å². The molecule has 2 rings (SSSR count). The fraction of sp³-hybridized carbons (Fsp3) is 0.300. The molecule has 2 aromatic rings. The van der Waals surface area contributed by atoms with Crippen molar-refractivity contribution in [2.24, 2.45) is 0 Å². The van der Waals surface area contributed by atoms with Crippen molar-refractivity contribution in [1.82, 2.24) is 0 Å². The molecule has 0 bridgehead atoms. The zero-order valence-corrected chi connectivity index (χ0v) is 18.9. The molecule has 0 fully saturated rings. The standard InChI is InChI=1S/C20H22Cl2N2O5S/c1-3-4-12-29-20(26)14-8-10-15(11-9-14)23-18(25)13-24(30(2,27)28)17-7-5-6-16(21)19(17)22/h5-11H,3-4,12-13H2,1-2H3,(H,23,25). The fourth-order valence-corrected chi connectivity index (χ4v) is 3.79. The highest BCUT2D eigenvalue weighted by Crippen LogP contribution is 2.33. The Morgan fingerprint density at radius 1 is 1.10 bits per heavy atom. The van der Waals surface area contributed by atoms with Gasteiger partial charge in [0.15, 0.2) is 0 Å². The molecule has 0 unspecified atom stereocenters. The van der Waals surface area contributed by atoms with E-state index in [1.54, 1.807) is 0 Å². The maximum atomic E-state index is 12.4. The number of halogens is 2. The van der Waals surface area contributed by atoms with Crippen molar-refractivity contribution in [3.8, 4) is 0 Å². The molecule has 0 aliphatic rings. The molecular formula is C20H22Cl2N2O5S. The number of unbranched alkanes of at least 4 members (excludes halogenated alkanes) is 1. The molecule has 0 heterocycles. The molecule has 0 aliphatic carbocycles. The maximum absolute atomic E-state index is 12.4. The fourth-order valence-electron chi connectivity index (χ4n) is 2.48. The minimum Gasteiger partial charge on any atom is -0.462 e. The van der Waals surface area contributed by atoms with Crippen LogP contribution >= 0.6 is 23.2 Å². The number of hydrogen-bond acceptors (Lipinski definition) is 5. The number of rotatable bonds is 9. The zero-order valence-electron chi connectivity index (χ0n) is 16.5. The number of sulfonamides is 1. The summed E-state index contributed by atoms with van der Waals surface area (Å²) < 4.78 is 30.4. The van der Waals surface area contributed by atoms with E-state index in [4.69, 9.17) is 27.9 Å². The Hall–Kier alpha value is -2.29. The van der Waals surface area contributed by atoms with Crippen LogP contribution in [0, 0.1) is 0 Å². The van der Waals surface area contributed by atoms with E-state index in [1.807, 2.05) is 6.92 Å². The monoisotopic (exact) mass is 472 g/mol. The van der Waals surface area contributed by atoms with E-state index in [0.717, 1.165) is 23.4 Å². The molecule has 0 radical (unpaired) electrons. The molecule has 0 saturated heterocycles. The normalized spacial score (nSPS) is 11.1. The maximum Gasteiger partial charge on any atom is 0.338 e. The number of esters is 1. The molecule has 0 spiro atoms. The molecule has 30 heavy (non-hydrogen) atoms. The van der Waals surface area contributed by atoms with Gasteiger partial charge < -0.3 is 10.1 Å². The number of anilines is 2. The number of carbonyl (C=O) groups is 2. The Labute approximate surface area is 186 Å². The van der Waals surface area contributed by atoms with Gasteiger partial charge in [0.2, 0.25) is 15.9 Å². The van der Waals surface area contributed by atoms with Gasteiger partial charge in [-0.3, -0.25) is 9.10 Å². The predicted molar refractivity (Wildman–Crippen MR) is 119 cm³/mol. The van der Waals surface area contributed by atoms with Crippen molar-refractivity contribution in [2.45, 2.75) is 19.8 Å². The molecule has 0 aromatic heterocycles. The van der Waals surface area contributed by atoms with Gasteiger partial charge in [-0.05, 0) is 42.8 Å². The summed E-state index contributed by atoms with van der Waals surface area (Å²) in [6.07, 6.45) is 2.67. The third-order valence-corrected chi connectivity index (χ3v) is 5.96. The summed E-state index contributed by atoms with van der Waals surface area (Å²) in [5, 5.41) is 2.80. The largest absolute Gasteiger partial charge is 0.462 e. The second-order valence-corrected chi connectivity index (χ2v) is 9.15. The number of benzene rings is 2. The van der Waals surface area contributed by atoms with Crippen LogP contribution in [-0.2, 0) is 19.6 Å². The Balaban J connectivity index is 2.09. The number of amides is 1. The van der Waals surface area contributed by atoms with Crippen LogP contribution in [0.5, 0.6) is 0 Å². The van der Waals surface area contributed by atoms with Gasteiger partial charge in [0.1, 0.15) is 6.54 Å². The minimum absolute atomic E-state index is 0.0309. The highest BCUT2D eigenvalue weighted by atomic mass is 35.5. The molecular weight excluding hydrogens is 451 g/mol. The molecule has 0 aliphatic heterocycles. The van der Waals surface area contributed by atoms with Gasteiger partial charge in [-0.15, -0.1) is 0 Å². The highest BCUT2D eigenvalue weighted by Gasteiger charge is 2.24. The van der Waals surface area contributed by atoms with Crippen molar-refractivity contribution in [2.75, 3.05) is 29.0 Å². The van der Waals surface area contributed by atoms with Crippen LogP contribution in [0.2, 0.25) is 10.0 Å². The number of carbonyl (C=O) groups excluding carboxylic acids is 2. The molecule has 0 saturated carbocycles. The van der Waals surface area contributed by atoms with Crippen LogP contribution < -0.4 is 9.62 Å². The first-order chi connectivity index (χ1) is 14.1. The van der Waals surface area contributed by atoms with Crippen molar-refractivity contribution >= 4 is 56.5 Å². The first-order valence-electron chi connectivity index (χ1n) is 9.12. The van der Waals surface area contributed by atoms with Crippen molar-refractivity contribution in [3.05, 3.63) is 58.1 Å². The molecule has 1 amide bonds. The number of nitrogens with one attached hydrogen (secondary N) is 1. The summed E-state index contributed by atoms with van der Waals surface area (Å²) in [7, 11) is -3.81. The van der Waals surface area contributed by atoms with E-state index in [9.17, 15) is 18.0 Å². The Morgan fingerprint density at radius 2 is 1.77 bits per heavy atom. The van der Waals surface area contributed by atoms with Crippen molar-refractivity contribution in [1.29, 1.82) is 0 Å². The molecule has 10 heteroatoms. The topological polar surface area (TPSA) is 92.8 Å². The van der Waals surface area contributed by atoms with E-state index in [-0.39, 0.29) is 15.7 Å². The molecule has 162 valence electrons. The van der Waals surface area contributed by atoms with Crippen molar-refractivity contribution in [3.63, 3.8) is 0 Å². The number of hydrogen-bond donors (Lipinski definition) is 1. The summed E-state index contributed by atoms with van der Waals surface area (Å²) in [4.78, 5) is 24.4. The first kappa shape index (κ1) is 24.0. The molecule has 2 aromatic carbocycles. The van der Waals surface area contributed by atoms with E-state index in [2.05, 4.69) is 5.32 Å². The quantitative estimate of drug-likeness (QED) is 0.432. The first-order valence-corrected chi connectivity index (χ1v) is 11.7. The van der Waals surface area contributed by atoms with Crippen LogP contribution in [0.3, 0.4) is 0 Å². The summed E-state index contributed by atoms with van der Waals surface area (Å²) in [6, 6.07) is 10.6. The van der Waals surface area contributed by atoms with Gasteiger partial charge in [-0.25, -0.2) is 13.2 Å². The summed E-state index contributed by atoms with van der Waals surface area (Å²) in [6.45, 7) is 1.84. The second-order valence-electron chi connectivity index (χ2n) is 6.46. The Kier molecular flexibility index (Phi) is 8.52. The zero-order chi connectivity index (χ0) is 22.3. The van der Waals surface area contributed by atoms with Crippen LogP contribution in [0.1, 0.15) is 30.1 Å². The predicted octanol–water partition coefficient (Wildman–Crippen LogP) is 4.36. The Bertz CT molecular complexity index is 1010. The molecule has 0 atom stereocenters. The van der Waals surface area contributed by atoms with Crippen LogP contribution in [0.4, 0.5) is 11.4 Å². The third kappa shape index (κ3) is 6.62. The van der Waals surface area contributed by atoms with Crippen LogP contribution in [-0.4, -0.2) is 39.7 Å². The minimum atomic E-state index is -3.81. The van der Waals surface area contributed by atoms with Crippen molar-refractivity contribution < 1.29 is 22.7 Å². The smallest absolute Gasteiger partial charge is 0.338 e. The SMILES string of the molecule is CCCCOC(=O)c1ccc(NC(=O)CN(c2cccc(Cl)c2Cl)S(C)(=O)=O)cc1. The molecule has 1 N–H and O–H groups in total. The van der Waals surface area contributed by atoms with Gasteiger partial charge in [0.25, 0.3) is 0 Å². The van der Waals surface area contributed by atoms with E-state index in [1.165, 1.54) is 42.5 Å². The van der Waals surface area contributed by atoms with E-state index in [0.29, 0.717) is 17.9 Å². The van der Waals surface area contributed by atoms with Gasteiger partial charge in [-0.1, -0.05) is 42.6 Å². The highest BCUT2D eigenvalue weighted by molar-refractivity contribution is 7.92. The summed E-state index contributed by atoms with van der Waals surface area (Å²) in [5.74, 6) is -1.03.